The van der Waals surface area contributed by atoms with Gasteiger partial charge in [0.05, 0.1) is 12.8 Å². The molecule has 7 nitrogen and oxygen atoms in total. The quantitative estimate of drug-likeness (QED) is 0.482. The second-order valence-electron chi connectivity index (χ2n) is 8.12. The third-order valence-electron chi connectivity index (χ3n) is 6.20. The lowest BCUT2D eigenvalue weighted by Crippen LogP contribution is -2.41. The fourth-order valence-electron chi connectivity index (χ4n) is 4.42. The van der Waals surface area contributed by atoms with Crippen LogP contribution < -0.4 is 10.3 Å². The van der Waals surface area contributed by atoms with Gasteiger partial charge in [-0.1, -0.05) is 30.3 Å². The number of pyridine rings is 1. The zero-order valence-corrected chi connectivity index (χ0v) is 18.3. The second kappa shape index (κ2) is 8.86. The highest BCUT2D eigenvalue weighted by Crippen LogP contribution is 2.28. The molecule has 2 aromatic carbocycles. The van der Waals surface area contributed by atoms with E-state index in [0.717, 1.165) is 12.8 Å². The van der Waals surface area contributed by atoms with Crippen LogP contribution in [0.1, 0.15) is 34.8 Å². The van der Waals surface area contributed by atoms with Gasteiger partial charge in [0.1, 0.15) is 11.3 Å². The van der Waals surface area contributed by atoms with Crippen molar-refractivity contribution in [2.75, 3.05) is 20.2 Å². The SMILES string of the molecule is COc1ccc(-n2c(=O)c(C(=O)N3CCC(c4ccccc4)CC3)nc3cccnc32)cc1. The van der Waals surface area contributed by atoms with E-state index in [9.17, 15) is 9.59 Å². The fourth-order valence-corrected chi connectivity index (χ4v) is 4.42. The van der Waals surface area contributed by atoms with Crippen molar-refractivity contribution < 1.29 is 9.53 Å². The Hall–Kier alpha value is -4.00. The fraction of sp³-hybridized carbons (Fsp3) is 0.231. The Morgan fingerprint density at radius 1 is 0.970 bits per heavy atom. The average Bonchev–Trinajstić information content (AvgIpc) is 2.89. The number of nitrogens with zero attached hydrogens (tertiary/aromatic N) is 4. The summed E-state index contributed by atoms with van der Waals surface area (Å²) in [6.07, 6.45) is 3.33. The maximum absolute atomic E-state index is 13.5. The molecule has 0 atom stereocenters. The average molecular weight is 441 g/mol. The molecule has 1 aliphatic rings. The Bertz CT molecular complexity index is 1340. The molecule has 1 amide bonds. The number of fused-ring (bicyclic) bond motifs is 1. The Balaban J connectivity index is 1.49. The van der Waals surface area contributed by atoms with Crippen LogP contribution in [0.15, 0.2) is 77.7 Å². The number of benzene rings is 2. The van der Waals surface area contributed by atoms with Gasteiger partial charge in [0.2, 0.25) is 0 Å². The number of hydrogen-bond donors (Lipinski definition) is 0. The molecule has 4 aromatic rings. The molecule has 1 aliphatic heterocycles. The van der Waals surface area contributed by atoms with Gasteiger partial charge in [0.25, 0.3) is 11.5 Å². The minimum Gasteiger partial charge on any atom is -0.497 e. The number of carbonyl (C=O) groups excluding carboxylic acids is 1. The highest BCUT2D eigenvalue weighted by atomic mass is 16.5. The van der Waals surface area contributed by atoms with Crippen molar-refractivity contribution in [3.8, 4) is 11.4 Å². The molecule has 1 fully saturated rings. The second-order valence-corrected chi connectivity index (χ2v) is 8.12. The predicted molar refractivity (Wildman–Crippen MR) is 126 cm³/mol. The molecule has 0 saturated carbocycles. The van der Waals surface area contributed by atoms with Gasteiger partial charge >= 0.3 is 0 Å². The molecule has 166 valence electrons. The Labute approximate surface area is 191 Å². The van der Waals surface area contributed by atoms with Gasteiger partial charge in [-0.2, -0.15) is 0 Å². The maximum Gasteiger partial charge on any atom is 0.288 e. The smallest absolute Gasteiger partial charge is 0.288 e. The van der Waals surface area contributed by atoms with Gasteiger partial charge in [0.15, 0.2) is 11.3 Å². The van der Waals surface area contributed by atoms with E-state index < -0.39 is 5.56 Å². The number of hydrogen-bond acceptors (Lipinski definition) is 5. The number of ether oxygens (including phenoxy) is 1. The number of amides is 1. The molecule has 0 N–H and O–H groups in total. The van der Waals surface area contributed by atoms with Crippen molar-refractivity contribution in [3.05, 3.63) is 94.5 Å². The van der Waals surface area contributed by atoms with E-state index in [-0.39, 0.29) is 11.6 Å². The van der Waals surface area contributed by atoms with Crippen molar-refractivity contribution in [2.45, 2.75) is 18.8 Å². The van der Waals surface area contributed by atoms with Crippen molar-refractivity contribution in [3.63, 3.8) is 0 Å². The van der Waals surface area contributed by atoms with Crippen LogP contribution in [-0.2, 0) is 0 Å². The van der Waals surface area contributed by atoms with Crippen LogP contribution in [-0.4, -0.2) is 45.5 Å². The van der Waals surface area contributed by atoms with Crippen LogP contribution in [0.3, 0.4) is 0 Å². The third kappa shape index (κ3) is 3.98. The number of likely N-dealkylation sites (tertiary alicyclic amines) is 1. The largest absolute Gasteiger partial charge is 0.497 e. The summed E-state index contributed by atoms with van der Waals surface area (Å²) >= 11 is 0. The number of methoxy groups -OCH3 is 1. The summed E-state index contributed by atoms with van der Waals surface area (Å²) in [6, 6.07) is 21.0. The summed E-state index contributed by atoms with van der Waals surface area (Å²) in [7, 11) is 1.59. The lowest BCUT2D eigenvalue weighted by Gasteiger charge is -2.32. The predicted octanol–water partition coefficient (Wildman–Crippen LogP) is 3.81. The minimum absolute atomic E-state index is 0.0792. The Morgan fingerprint density at radius 2 is 1.70 bits per heavy atom. The van der Waals surface area contributed by atoms with Crippen LogP contribution in [0.25, 0.3) is 16.9 Å². The Morgan fingerprint density at radius 3 is 2.39 bits per heavy atom. The van der Waals surface area contributed by atoms with Crippen LogP contribution in [0.5, 0.6) is 5.75 Å². The van der Waals surface area contributed by atoms with Crippen molar-refractivity contribution in [2.24, 2.45) is 0 Å². The normalized spacial score (nSPS) is 14.4. The lowest BCUT2D eigenvalue weighted by atomic mass is 9.89. The maximum atomic E-state index is 13.5. The summed E-state index contributed by atoms with van der Waals surface area (Å²) in [5.74, 6) is 0.759. The first-order valence-corrected chi connectivity index (χ1v) is 11.0. The van der Waals surface area contributed by atoms with Gasteiger partial charge in [-0.25, -0.2) is 9.97 Å². The third-order valence-corrected chi connectivity index (χ3v) is 6.20. The highest BCUT2D eigenvalue weighted by Gasteiger charge is 2.28. The lowest BCUT2D eigenvalue weighted by molar-refractivity contribution is 0.0705. The number of piperidine rings is 1. The minimum atomic E-state index is -0.471. The molecule has 0 bridgehead atoms. The zero-order valence-electron chi connectivity index (χ0n) is 18.3. The number of aromatic nitrogens is 3. The van der Waals surface area contributed by atoms with Crippen molar-refractivity contribution >= 4 is 17.1 Å². The summed E-state index contributed by atoms with van der Waals surface area (Å²) in [5.41, 5.74) is 2.25. The first-order valence-electron chi connectivity index (χ1n) is 11.0. The number of carbonyl (C=O) groups is 1. The van der Waals surface area contributed by atoms with E-state index >= 15 is 0 Å². The van der Waals surface area contributed by atoms with Crippen molar-refractivity contribution in [1.29, 1.82) is 0 Å². The van der Waals surface area contributed by atoms with E-state index in [0.29, 0.717) is 41.6 Å². The summed E-state index contributed by atoms with van der Waals surface area (Å²) < 4.78 is 6.68. The van der Waals surface area contributed by atoms with Gasteiger partial charge in [0, 0.05) is 19.3 Å². The standard InChI is InChI=1S/C26H24N4O3/c1-33-21-11-9-20(10-12-21)30-24-22(8-5-15-27-24)28-23(26(30)32)25(31)29-16-13-19(14-17-29)18-6-3-2-4-7-18/h2-12,15,19H,13-14,16-17H2,1H3. The Kier molecular flexibility index (Phi) is 5.60. The molecular weight excluding hydrogens is 416 g/mol. The molecule has 5 rings (SSSR count). The molecule has 0 unspecified atom stereocenters. The van der Waals surface area contributed by atoms with Gasteiger partial charge in [-0.05, 0) is 60.7 Å². The van der Waals surface area contributed by atoms with Gasteiger partial charge < -0.3 is 9.64 Å². The first kappa shape index (κ1) is 20.9. The summed E-state index contributed by atoms with van der Waals surface area (Å²) in [5, 5.41) is 0. The van der Waals surface area contributed by atoms with Crippen LogP contribution in [0.2, 0.25) is 0 Å². The van der Waals surface area contributed by atoms with Crippen LogP contribution in [0, 0.1) is 0 Å². The molecule has 3 heterocycles. The van der Waals surface area contributed by atoms with E-state index in [1.165, 1.54) is 10.1 Å². The molecule has 0 radical (unpaired) electrons. The first-order chi connectivity index (χ1) is 16.2. The van der Waals surface area contributed by atoms with E-state index in [1.807, 2.05) is 18.2 Å². The molecular formula is C26H24N4O3. The number of rotatable bonds is 4. The van der Waals surface area contributed by atoms with Gasteiger partial charge in [-0.15, -0.1) is 0 Å². The van der Waals surface area contributed by atoms with E-state index in [4.69, 9.17) is 4.74 Å². The van der Waals surface area contributed by atoms with E-state index in [1.54, 1.807) is 54.6 Å². The van der Waals surface area contributed by atoms with Crippen LogP contribution in [0.4, 0.5) is 0 Å². The van der Waals surface area contributed by atoms with Gasteiger partial charge in [-0.3, -0.25) is 14.2 Å². The van der Waals surface area contributed by atoms with E-state index in [2.05, 4.69) is 22.1 Å². The molecule has 7 heteroatoms. The molecule has 2 aromatic heterocycles. The molecule has 1 saturated heterocycles. The van der Waals surface area contributed by atoms with Crippen LogP contribution >= 0.6 is 0 Å². The summed E-state index contributed by atoms with van der Waals surface area (Å²) in [4.78, 5) is 37.4. The zero-order chi connectivity index (χ0) is 22.8. The van der Waals surface area contributed by atoms with Crippen molar-refractivity contribution in [1.82, 2.24) is 19.4 Å². The topological polar surface area (TPSA) is 77.3 Å². The molecule has 33 heavy (non-hydrogen) atoms. The molecule has 0 aliphatic carbocycles. The molecule has 0 spiro atoms. The summed E-state index contributed by atoms with van der Waals surface area (Å²) in [6.45, 7) is 1.18. The highest BCUT2D eigenvalue weighted by molar-refractivity contribution is 5.94. The monoisotopic (exact) mass is 440 g/mol.